The first-order valence-corrected chi connectivity index (χ1v) is 17.3. The highest BCUT2D eigenvalue weighted by Gasteiger charge is 2.38. The van der Waals surface area contributed by atoms with Crippen LogP contribution in [0.5, 0.6) is 0 Å². The van der Waals surface area contributed by atoms with Crippen molar-refractivity contribution in [1.82, 2.24) is 10.3 Å². The number of thiazole rings is 1. The van der Waals surface area contributed by atoms with Gasteiger partial charge in [0.25, 0.3) is 0 Å². The van der Waals surface area contributed by atoms with Crippen LogP contribution in [0.15, 0.2) is 101 Å². The van der Waals surface area contributed by atoms with Gasteiger partial charge in [-0.25, -0.2) is 4.98 Å². The molecule has 1 aliphatic heterocycles. The number of carbonyl (C=O) groups excluding carboxylic acids is 1. The zero-order valence-corrected chi connectivity index (χ0v) is 27.5. The second-order valence-electron chi connectivity index (χ2n) is 11.6. The molecule has 1 amide bonds. The monoisotopic (exact) mass is 668 g/mol. The Balaban J connectivity index is 1.18. The minimum Gasteiger partial charge on any atom is -0.481 e. The third-order valence-electron chi connectivity index (χ3n) is 8.27. The van der Waals surface area contributed by atoms with Crippen molar-refractivity contribution in [3.63, 3.8) is 0 Å². The summed E-state index contributed by atoms with van der Waals surface area (Å²) in [4.78, 5) is 27.5. The number of nitrogens with zero attached hydrogens (tertiary/aromatic N) is 1. The lowest BCUT2D eigenvalue weighted by molar-refractivity contribution is -0.268. The number of carboxylic acids is 1. The summed E-state index contributed by atoms with van der Waals surface area (Å²) >= 11 is 3.40. The molecule has 5 aromatic rings. The number of hydrogen-bond donors (Lipinski definition) is 3. The smallest absolute Gasteiger partial charge is 0.303 e. The Labute approximate surface area is 281 Å². The fourth-order valence-electron chi connectivity index (χ4n) is 5.58. The molecule has 0 radical (unpaired) electrons. The van der Waals surface area contributed by atoms with E-state index >= 15 is 0 Å². The molecule has 4 aromatic carbocycles. The van der Waals surface area contributed by atoms with Gasteiger partial charge in [0.15, 0.2) is 10.6 Å². The van der Waals surface area contributed by atoms with Gasteiger partial charge in [-0.2, -0.15) is 0 Å². The van der Waals surface area contributed by atoms with Gasteiger partial charge in [0, 0.05) is 30.2 Å². The van der Waals surface area contributed by atoms with Crippen molar-refractivity contribution in [2.24, 2.45) is 5.92 Å². The molecule has 1 fully saturated rings. The van der Waals surface area contributed by atoms with Gasteiger partial charge in [0.2, 0.25) is 5.91 Å². The highest BCUT2D eigenvalue weighted by Crippen LogP contribution is 2.43. The van der Waals surface area contributed by atoms with Gasteiger partial charge < -0.3 is 25.0 Å². The molecule has 0 unspecified atom stereocenters. The molecule has 0 saturated carbocycles. The number of rotatable bonds is 12. The van der Waals surface area contributed by atoms with E-state index in [4.69, 9.17) is 19.6 Å². The highest BCUT2D eigenvalue weighted by molar-refractivity contribution is 8.01. The summed E-state index contributed by atoms with van der Waals surface area (Å²) < 4.78 is 15.5. The number of aliphatic carboxylic acids is 1. The van der Waals surface area contributed by atoms with Crippen LogP contribution in [0, 0.1) is 5.92 Å². The van der Waals surface area contributed by atoms with E-state index in [2.05, 4.69) is 18.3 Å². The number of carboxylic acid groups (broad SMARTS) is 1. The van der Waals surface area contributed by atoms with Gasteiger partial charge in [-0.15, -0.1) is 11.3 Å². The van der Waals surface area contributed by atoms with Crippen molar-refractivity contribution in [3.05, 3.63) is 119 Å². The largest absolute Gasteiger partial charge is 0.481 e. The second-order valence-corrected chi connectivity index (χ2v) is 13.9. The molecule has 0 spiro atoms. The number of carbonyl (C=O) groups is 2. The molecule has 0 bridgehead atoms. The number of nitrogens with one attached hydrogen (secondary N) is 1. The molecular weight excluding hydrogens is 633 g/mol. The molecule has 47 heavy (non-hydrogen) atoms. The lowest BCUT2D eigenvalue weighted by Gasteiger charge is -2.41. The van der Waals surface area contributed by atoms with Crippen LogP contribution in [-0.2, 0) is 32.2 Å². The van der Waals surface area contributed by atoms with E-state index in [1.165, 1.54) is 4.70 Å². The van der Waals surface area contributed by atoms with E-state index in [1.807, 2.05) is 91.0 Å². The Morgan fingerprint density at radius 3 is 2.38 bits per heavy atom. The number of aromatic nitrogens is 1. The normalized spacial score (nSPS) is 19.4. The minimum absolute atomic E-state index is 0.00872. The van der Waals surface area contributed by atoms with Crippen LogP contribution in [0.25, 0.3) is 21.3 Å². The van der Waals surface area contributed by atoms with Crippen molar-refractivity contribution >= 4 is 45.2 Å². The van der Waals surface area contributed by atoms with Crippen LogP contribution in [-0.4, -0.2) is 38.9 Å². The molecule has 1 saturated heterocycles. The van der Waals surface area contributed by atoms with Gasteiger partial charge in [-0.05, 0) is 46.0 Å². The van der Waals surface area contributed by atoms with Crippen molar-refractivity contribution in [3.8, 4) is 11.1 Å². The van der Waals surface area contributed by atoms with E-state index in [0.717, 1.165) is 49.0 Å². The van der Waals surface area contributed by atoms with Gasteiger partial charge in [-0.1, -0.05) is 97.5 Å². The van der Waals surface area contributed by atoms with Crippen LogP contribution in [0.4, 0.5) is 0 Å². The van der Waals surface area contributed by atoms with Crippen molar-refractivity contribution in [1.29, 1.82) is 0 Å². The SMILES string of the molecule is C[C@@H]1[C@H](CSc2nc3ccccc3s2)O[C@H](c2ccc(-c3cccc(CNC(=O)CCC(=O)O)c3)cc2)O[C@@H]1c1ccc(CO)cc1. The number of aliphatic hydroxyl groups excluding tert-OH is 1. The van der Waals surface area contributed by atoms with E-state index < -0.39 is 12.3 Å². The third kappa shape index (κ3) is 8.27. The maximum atomic E-state index is 12.0. The number of amides is 1. The lowest BCUT2D eigenvalue weighted by Crippen LogP contribution is -2.38. The lowest BCUT2D eigenvalue weighted by atomic mass is 9.91. The van der Waals surface area contributed by atoms with E-state index in [-0.39, 0.29) is 43.5 Å². The number of benzene rings is 4. The first-order chi connectivity index (χ1) is 22.9. The fourth-order valence-corrected chi connectivity index (χ4v) is 7.84. The molecule has 6 rings (SSSR count). The molecule has 0 aliphatic carbocycles. The average Bonchev–Trinajstić information content (AvgIpc) is 3.53. The van der Waals surface area contributed by atoms with E-state index in [1.54, 1.807) is 23.1 Å². The Bertz CT molecular complexity index is 1790. The molecule has 2 heterocycles. The third-order valence-corrected chi connectivity index (χ3v) is 10.5. The standard InChI is InChI=1S/C37H36N2O6S2/c1-23-31(22-46-37-39-30-7-2-3-8-32(30)47-37)44-36(45-35(23)27-11-9-24(21-40)10-12-27)28-15-13-26(14-16-28)29-6-4-5-25(19-29)20-38-33(41)17-18-34(42)43/h2-16,19,23,31,35-36,40H,17-18,20-22H2,1H3,(H,38,41)(H,42,43)/t23-,31+,35+,36+/m1/s1. The molecule has 3 N–H and O–H groups in total. The van der Waals surface area contributed by atoms with E-state index in [9.17, 15) is 14.7 Å². The van der Waals surface area contributed by atoms with Crippen molar-refractivity contribution in [2.45, 2.75) is 55.8 Å². The maximum absolute atomic E-state index is 12.0. The number of thioether (sulfide) groups is 1. The molecule has 1 aromatic heterocycles. The minimum atomic E-state index is -0.991. The molecule has 1 aliphatic rings. The van der Waals surface area contributed by atoms with Crippen LogP contribution < -0.4 is 5.32 Å². The Morgan fingerprint density at radius 1 is 0.872 bits per heavy atom. The number of aliphatic hydroxyl groups is 1. The molecular formula is C37H36N2O6S2. The zero-order chi connectivity index (χ0) is 32.8. The number of ether oxygens (including phenoxy) is 2. The number of hydrogen-bond acceptors (Lipinski definition) is 8. The predicted octanol–water partition coefficient (Wildman–Crippen LogP) is 7.52. The maximum Gasteiger partial charge on any atom is 0.303 e. The summed E-state index contributed by atoms with van der Waals surface area (Å²) in [7, 11) is 0. The summed E-state index contributed by atoms with van der Waals surface area (Å²) in [6.45, 7) is 2.48. The summed E-state index contributed by atoms with van der Waals surface area (Å²) in [5.41, 5.74) is 6.75. The van der Waals surface area contributed by atoms with Gasteiger partial charge in [0.1, 0.15) is 0 Å². The number of fused-ring (bicyclic) bond motifs is 1. The quantitative estimate of drug-likeness (QED) is 0.117. The van der Waals surface area contributed by atoms with Crippen LogP contribution in [0.1, 0.15) is 54.4 Å². The van der Waals surface area contributed by atoms with Crippen LogP contribution >= 0.6 is 23.1 Å². The highest BCUT2D eigenvalue weighted by atomic mass is 32.2. The number of para-hydroxylation sites is 1. The van der Waals surface area contributed by atoms with E-state index in [0.29, 0.717) is 6.54 Å². The van der Waals surface area contributed by atoms with Gasteiger partial charge >= 0.3 is 5.97 Å². The summed E-state index contributed by atoms with van der Waals surface area (Å²) in [6.07, 6.45) is -1.11. The van der Waals surface area contributed by atoms with Gasteiger partial charge in [-0.3, -0.25) is 9.59 Å². The first-order valence-electron chi connectivity index (χ1n) is 15.5. The van der Waals surface area contributed by atoms with Crippen LogP contribution in [0.2, 0.25) is 0 Å². The fraction of sp³-hybridized carbons (Fsp3) is 0.270. The Morgan fingerprint density at radius 2 is 1.64 bits per heavy atom. The van der Waals surface area contributed by atoms with Crippen molar-refractivity contribution in [2.75, 3.05) is 5.75 Å². The van der Waals surface area contributed by atoms with Crippen molar-refractivity contribution < 1.29 is 29.3 Å². The molecule has 4 atom stereocenters. The average molecular weight is 669 g/mol. The zero-order valence-electron chi connectivity index (χ0n) is 25.9. The molecule has 242 valence electrons. The first kappa shape index (κ1) is 32.9. The Hall–Kier alpha value is -4.06. The molecule has 8 nitrogen and oxygen atoms in total. The summed E-state index contributed by atoms with van der Waals surface area (Å²) in [5.74, 6) is -0.484. The van der Waals surface area contributed by atoms with Gasteiger partial charge in [0.05, 0.1) is 35.5 Å². The topological polar surface area (TPSA) is 118 Å². The predicted molar refractivity (Wildman–Crippen MR) is 184 cm³/mol. The summed E-state index contributed by atoms with van der Waals surface area (Å²) in [6, 6.07) is 32.1. The second kappa shape index (κ2) is 15.2. The summed E-state index contributed by atoms with van der Waals surface area (Å²) in [5, 5.41) is 21.2. The van der Waals surface area contributed by atoms with Crippen LogP contribution in [0.3, 0.4) is 0 Å². The molecule has 10 heteroatoms. The Kier molecular flexibility index (Phi) is 10.6.